The molecule has 0 atom stereocenters. The molecule has 0 radical (unpaired) electrons. The van der Waals surface area contributed by atoms with E-state index in [0.717, 1.165) is 5.56 Å². The van der Waals surface area contributed by atoms with Gasteiger partial charge in [-0.15, -0.1) is 0 Å². The number of nitrogens with zero attached hydrogens (tertiary/aromatic N) is 2. The molecule has 0 spiro atoms. The van der Waals surface area contributed by atoms with Crippen LogP contribution in [0.4, 0.5) is 11.4 Å². The molecular formula is C17H19N3O5S. The van der Waals surface area contributed by atoms with E-state index in [1.54, 1.807) is 42.5 Å². The lowest BCUT2D eigenvalue weighted by Crippen LogP contribution is -2.40. The number of rotatable bonds is 6. The normalized spacial score (nSPS) is 15.5. The quantitative estimate of drug-likeness (QED) is 0.612. The van der Waals surface area contributed by atoms with Crippen LogP contribution < -0.4 is 5.32 Å². The molecule has 2 aromatic rings. The van der Waals surface area contributed by atoms with Gasteiger partial charge in [0, 0.05) is 25.7 Å². The summed E-state index contributed by atoms with van der Waals surface area (Å²) in [6.45, 7) is 1.85. The Hall–Kier alpha value is -2.49. The van der Waals surface area contributed by atoms with Gasteiger partial charge in [0.05, 0.1) is 23.0 Å². The molecule has 1 N–H and O–H groups in total. The first-order valence-electron chi connectivity index (χ1n) is 8.12. The summed E-state index contributed by atoms with van der Waals surface area (Å²) in [7, 11) is -3.52. The Morgan fingerprint density at radius 3 is 2.38 bits per heavy atom. The Morgan fingerprint density at radius 1 is 1.08 bits per heavy atom. The molecule has 8 nitrogen and oxygen atoms in total. The highest BCUT2D eigenvalue weighted by Crippen LogP contribution is 2.24. The van der Waals surface area contributed by atoms with Gasteiger partial charge in [-0.05, 0) is 23.8 Å². The van der Waals surface area contributed by atoms with Crippen LogP contribution in [-0.2, 0) is 21.3 Å². The number of nitro benzene ring substituents is 1. The highest BCUT2D eigenvalue weighted by atomic mass is 32.2. The highest BCUT2D eigenvalue weighted by Gasteiger charge is 2.26. The molecule has 0 saturated carbocycles. The highest BCUT2D eigenvalue weighted by molar-refractivity contribution is 7.89. The zero-order valence-corrected chi connectivity index (χ0v) is 14.8. The van der Waals surface area contributed by atoms with Crippen LogP contribution in [0.1, 0.15) is 5.56 Å². The average Bonchev–Trinajstić information content (AvgIpc) is 2.67. The molecule has 0 aromatic heterocycles. The van der Waals surface area contributed by atoms with Crippen molar-refractivity contribution in [3.63, 3.8) is 0 Å². The summed E-state index contributed by atoms with van der Waals surface area (Å²) < 4.78 is 31.8. The molecule has 1 heterocycles. The standard InChI is InChI=1S/C17H19N3O5S/c21-20(22)17-4-2-1-3-16(17)18-13-14-5-7-15(8-6-14)26(23,24)19-9-11-25-12-10-19/h1-8,18H,9-13H2. The number of benzene rings is 2. The van der Waals surface area contributed by atoms with Crippen molar-refractivity contribution in [3.05, 3.63) is 64.2 Å². The SMILES string of the molecule is O=[N+]([O-])c1ccccc1NCc1ccc(S(=O)(=O)N2CCOCC2)cc1. The van der Waals surface area contributed by atoms with Crippen molar-refractivity contribution in [3.8, 4) is 0 Å². The first-order valence-corrected chi connectivity index (χ1v) is 9.56. The Kier molecular flexibility index (Phi) is 5.50. The Morgan fingerprint density at radius 2 is 1.73 bits per heavy atom. The zero-order valence-electron chi connectivity index (χ0n) is 14.0. The van der Waals surface area contributed by atoms with Crippen molar-refractivity contribution < 1.29 is 18.1 Å². The molecule has 0 amide bonds. The molecule has 1 saturated heterocycles. The lowest BCUT2D eigenvalue weighted by atomic mass is 10.2. The Labute approximate surface area is 151 Å². The van der Waals surface area contributed by atoms with E-state index >= 15 is 0 Å². The number of anilines is 1. The van der Waals surface area contributed by atoms with Crippen LogP contribution in [0.3, 0.4) is 0 Å². The van der Waals surface area contributed by atoms with Gasteiger partial charge in [0.15, 0.2) is 0 Å². The third-order valence-corrected chi connectivity index (χ3v) is 6.03. The van der Waals surface area contributed by atoms with Crippen molar-refractivity contribution >= 4 is 21.4 Å². The van der Waals surface area contributed by atoms with Crippen LogP contribution in [-0.4, -0.2) is 43.9 Å². The Balaban J connectivity index is 1.69. The van der Waals surface area contributed by atoms with Crippen molar-refractivity contribution in [1.29, 1.82) is 0 Å². The van der Waals surface area contributed by atoms with E-state index in [-0.39, 0.29) is 10.6 Å². The predicted molar refractivity (Wildman–Crippen MR) is 96.4 cm³/mol. The number of hydrogen-bond donors (Lipinski definition) is 1. The topological polar surface area (TPSA) is 102 Å². The van der Waals surface area contributed by atoms with Gasteiger partial charge in [-0.2, -0.15) is 4.31 Å². The summed E-state index contributed by atoms with van der Waals surface area (Å²) in [4.78, 5) is 10.8. The fourth-order valence-electron chi connectivity index (χ4n) is 2.69. The molecule has 26 heavy (non-hydrogen) atoms. The number of nitro groups is 1. The third-order valence-electron chi connectivity index (χ3n) is 4.11. The molecule has 1 aliphatic rings. The van der Waals surface area contributed by atoms with Gasteiger partial charge in [-0.1, -0.05) is 24.3 Å². The fraction of sp³-hybridized carbons (Fsp3) is 0.294. The maximum absolute atomic E-state index is 12.6. The molecule has 2 aromatic carbocycles. The molecular weight excluding hydrogens is 358 g/mol. The smallest absolute Gasteiger partial charge is 0.292 e. The van der Waals surface area contributed by atoms with E-state index < -0.39 is 14.9 Å². The van der Waals surface area contributed by atoms with E-state index in [9.17, 15) is 18.5 Å². The molecule has 1 fully saturated rings. The van der Waals surface area contributed by atoms with E-state index in [0.29, 0.717) is 38.5 Å². The second kappa shape index (κ2) is 7.81. The monoisotopic (exact) mass is 377 g/mol. The van der Waals surface area contributed by atoms with Gasteiger partial charge in [-0.3, -0.25) is 10.1 Å². The van der Waals surface area contributed by atoms with Crippen LogP contribution in [0.5, 0.6) is 0 Å². The van der Waals surface area contributed by atoms with Crippen molar-refractivity contribution in [2.24, 2.45) is 0 Å². The lowest BCUT2D eigenvalue weighted by Gasteiger charge is -2.26. The average molecular weight is 377 g/mol. The van der Waals surface area contributed by atoms with Gasteiger partial charge in [0.1, 0.15) is 5.69 Å². The van der Waals surface area contributed by atoms with Crippen LogP contribution in [0.25, 0.3) is 0 Å². The summed E-state index contributed by atoms with van der Waals surface area (Å²) in [6.07, 6.45) is 0. The molecule has 1 aliphatic heterocycles. The van der Waals surface area contributed by atoms with Gasteiger partial charge in [0.25, 0.3) is 5.69 Å². The second-order valence-corrected chi connectivity index (χ2v) is 7.73. The maximum atomic E-state index is 12.6. The minimum Gasteiger partial charge on any atom is -0.379 e. The number of sulfonamides is 1. The fourth-order valence-corrected chi connectivity index (χ4v) is 4.10. The van der Waals surface area contributed by atoms with Gasteiger partial charge < -0.3 is 10.1 Å². The minimum atomic E-state index is -3.52. The summed E-state index contributed by atoms with van der Waals surface area (Å²) in [6, 6.07) is 12.9. The molecule has 0 aliphatic carbocycles. The van der Waals surface area contributed by atoms with Gasteiger partial charge in [0.2, 0.25) is 10.0 Å². The van der Waals surface area contributed by atoms with E-state index in [2.05, 4.69) is 5.32 Å². The number of nitrogens with one attached hydrogen (secondary N) is 1. The molecule has 9 heteroatoms. The predicted octanol–water partition coefficient (Wildman–Crippen LogP) is 2.23. The maximum Gasteiger partial charge on any atom is 0.292 e. The van der Waals surface area contributed by atoms with Crippen LogP contribution in [0, 0.1) is 10.1 Å². The minimum absolute atomic E-state index is 0.000912. The van der Waals surface area contributed by atoms with Gasteiger partial charge >= 0.3 is 0 Å². The Bertz CT molecular complexity index is 878. The zero-order chi connectivity index (χ0) is 18.6. The second-order valence-electron chi connectivity index (χ2n) is 5.79. The number of para-hydroxylation sites is 2. The third kappa shape index (κ3) is 4.01. The molecule has 3 rings (SSSR count). The van der Waals surface area contributed by atoms with Crippen LogP contribution >= 0.6 is 0 Å². The van der Waals surface area contributed by atoms with Gasteiger partial charge in [-0.25, -0.2) is 8.42 Å². The lowest BCUT2D eigenvalue weighted by molar-refractivity contribution is -0.384. The summed E-state index contributed by atoms with van der Waals surface area (Å²) in [5.41, 5.74) is 1.24. The number of ether oxygens (including phenoxy) is 1. The van der Waals surface area contributed by atoms with Crippen molar-refractivity contribution in [2.75, 3.05) is 31.6 Å². The summed E-state index contributed by atoms with van der Waals surface area (Å²) >= 11 is 0. The first kappa shape index (κ1) is 18.3. The van der Waals surface area contributed by atoms with Crippen LogP contribution in [0.15, 0.2) is 53.4 Å². The van der Waals surface area contributed by atoms with E-state index in [1.165, 1.54) is 10.4 Å². The summed E-state index contributed by atoms with van der Waals surface area (Å²) in [5.74, 6) is 0. The number of morpholine rings is 1. The van der Waals surface area contributed by atoms with Crippen LogP contribution in [0.2, 0.25) is 0 Å². The largest absolute Gasteiger partial charge is 0.379 e. The molecule has 138 valence electrons. The van der Waals surface area contributed by atoms with E-state index in [1.807, 2.05) is 0 Å². The van der Waals surface area contributed by atoms with Crippen molar-refractivity contribution in [1.82, 2.24) is 4.31 Å². The molecule has 0 unspecified atom stereocenters. The molecule has 0 bridgehead atoms. The van der Waals surface area contributed by atoms with E-state index in [4.69, 9.17) is 4.74 Å². The first-order chi connectivity index (χ1) is 12.5. The number of hydrogen-bond acceptors (Lipinski definition) is 6. The van der Waals surface area contributed by atoms with Crippen molar-refractivity contribution in [2.45, 2.75) is 11.4 Å². The summed E-state index contributed by atoms with van der Waals surface area (Å²) in [5, 5.41) is 14.0.